The van der Waals surface area contributed by atoms with Crippen molar-refractivity contribution >= 4 is 40.1 Å². The SMILES string of the molecule is Cc1cc(Cl)ccc1NC(=NCCc1c[nH]c2ccccc12)NC(=O)c1ccccc1. The van der Waals surface area contributed by atoms with Crippen molar-refractivity contribution < 1.29 is 4.79 Å². The number of rotatable bonds is 5. The first-order valence-corrected chi connectivity index (χ1v) is 10.5. The molecule has 0 saturated heterocycles. The number of aryl methyl sites for hydroxylation is 1. The lowest BCUT2D eigenvalue weighted by Gasteiger charge is -2.14. The molecule has 1 heterocycles. The molecular weight excluding hydrogens is 408 g/mol. The van der Waals surface area contributed by atoms with Gasteiger partial charge in [-0.05, 0) is 60.9 Å². The van der Waals surface area contributed by atoms with E-state index in [0.29, 0.717) is 23.1 Å². The first kappa shape index (κ1) is 20.7. The van der Waals surface area contributed by atoms with Gasteiger partial charge in [-0.15, -0.1) is 0 Å². The molecule has 1 aromatic heterocycles. The molecular formula is C25H23ClN4O. The normalized spacial score (nSPS) is 11.5. The fraction of sp³-hybridized carbons (Fsp3) is 0.120. The van der Waals surface area contributed by atoms with Gasteiger partial charge in [-0.1, -0.05) is 48.0 Å². The minimum atomic E-state index is -0.217. The summed E-state index contributed by atoms with van der Waals surface area (Å²) in [6.07, 6.45) is 2.76. The lowest BCUT2D eigenvalue weighted by Crippen LogP contribution is -2.36. The summed E-state index contributed by atoms with van der Waals surface area (Å²) in [5.74, 6) is 0.185. The van der Waals surface area contributed by atoms with E-state index < -0.39 is 0 Å². The zero-order valence-electron chi connectivity index (χ0n) is 17.2. The first-order valence-electron chi connectivity index (χ1n) is 10.1. The highest BCUT2D eigenvalue weighted by Crippen LogP contribution is 2.20. The molecule has 4 rings (SSSR count). The van der Waals surface area contributed by atoms with Crippen molar-refractivity contribution in [1.82, 2.24) is 10.3 Å². The number of aliphatic imine (C=N–C) groups is 1. The Bertz CT molecular complexity index is 1230. The Balaban J connectivity index is 1.53. The number of para-hydroxylation sites is 1. The number of anilines is 1. The third-order valence-corrected chi connectivity index (χ3v) is 5.27. The Labute approximate surface area is 186 Å². The van der Waals surface area contributed by atoms with Gasteiger partial charge in [0.05, 0.1) is 0 Å². The Morgan fingerprint density at radius 3 is 2.61 bits per heavy atom. The molecule has 0 atom stereocenters. The Morgan fingerprint density at radius 1 is 1.03 bits per heavy atom. The number of benzene rings is 3. The first-order chi connectivity index (χ1) is 15.1. The van der Waals surface area contributed by atoms with Crippen LogP contribution >= 0.6 is 11.6 Å². The second kappa shape index (κ2) is 9.49. The van der Waals surface area contributed by atoms with E-state index in [1.807, 2.05) is 55.6 Å². The van der Waals surface area contributed by atoms with Gasteiger partial charge in [0, 0.05) is 39.9 Å². The third-order valence-electron chi connectivity index (χ3n) is 5.04. The van der Waals surface area contributed by atoms with E-state index in [9.17, 15) is 4.79 Å². The van der Waals surface area contributed by atoms with Crippen molar-refractivity contribution in [3.05, 3.63) is 101 Å². The number of aromatic amines is 1. The largest absolute Gasteiger partial charge is 0.361 e. The number of amides is 1. The molecule has 0 unspecified atom stereocenters. The van der Waals surface area contributed by atoms with Crippen LogP contribution in [0.1, 0.15) is 21.5 Å². The van der Waals surface area contributed by atoms with Gasteiger partial charge < -0.3 is 10.3 Å². The molecule has 0 saturated carbocycles. The molecule has 0 aliphatic carbocycles. The molecule has 3 N–H and O–H groups in total. The number of H-pyrrole nitrogens is 1. The monoisotopic (exact) mass is 430 g/mol. The number of hydrogen-bond acceptors (Lipinski definition) is 2. The lowest BCUT2D eigenvalue weighted by molar-refractivity contribution is 0.0977. The van der Waals surface area contributed by atoms with E-state index >= 15 is 0 Å². The molecule has 0 fully saturated rings. The second-order valence-electron chi connectivity index (χ2n) is 7.24. The maximum Gasteiger partial charge on any atom is 0.257 e. The number of carbonyl (C=O) groups is 1. The summed E-state index contributed by atoms with van der Waals surface area (Å²) in [6.45, 7) is 2.47. The molecule has 6 heteroatoms. The molecule has 156 valence electrons. The number of hydrogen-bond donors (Lipinski definition) is 3. The van der Waals surface area contributed by atoms with Crippen molar-refractivity contribution in [3.8, 4) is 0 Å². The van der Waals surface area contributed by atoms with Crippen LogP contribution < -0.4 is 10.6 Å². The topological polar surface area (TPSA) is 69.3 Å². The summed E-state index contributed by atoms with van der Waals surface area (Å²) in [7, 11) is 0. The molecule has 0 bridgehead atoms. The highest BCUT2D eigenvalue weighted by Gasteiger charge is 2.10. The van der Waals surface area contributed by atoms with Crippen LogP contribution in [0, 0.1) is 6.92 Å². The van der Waals surface area contributed by atoms with E-state index in [4.69, 9.17) is 11.6 Å². The molecule has 0 radical (unpaired) electrons. The average Bonchev–Trinajstić information content (AvgIpc) is 3.19. The van der Waals surface area contributed by atoms with Crippen molar-refractivity contribution in [2.24, 2.45) is 4.99 Å². The van der Waals surface area contributed by atoms with Crippen LogP contribution in [0.25, 0.3) is 10.9 Å². The van der Waals surface area contributed by atoms with Gasteiger partial charge in [0.25, 0.3) is 5.91 Å². The minimum Gasteiger partial charge on any atom is -0.361 e. The Morgan fingerprint density at radius 2 is 1.81 bits per heavy atom. The van der Waals surface area contributed by atoms with Crippen LogP contribution in [0.4, 0.5) is 5.69 Å². The zero-order chi connectivity index (χ0) is 21.6. The minimum absolute atomic E-state index is 0.217. The van der Waals surface area contributed by atoms with E-state index in [2.05, 4.69) is 32.7 Å². The van der Waals surface area contributed by atoms with Gasteiger partial charge in [-0.3, -0.25) is 15.1 Å². The van der Waals surface area contributed by atoms with Gasteiger partial charge in [0.15, 0.2) is 0 Å². The van der Waals surface area contributed by atoms with Crippen LogP contribution in [0.5, 0.6) is 0 Å². The molecule has 0 aliphatic heterocycles. The molecule has 4 aromatic rings. The predicted molar refractivity (Wildman–Crippen MR) is 128 cm³/mol. The third kappa shape index (κ3) is 5.13. The van der Waals surface area contributed by atoms with Crippen molar-refractivity contribution in [2.45, 2.75) is 13.3 Å². The quantitative estimate of drug-likeness (QED) is 0.286. The molecule has 0 aliphatic rings. The van der Waals surface area contributed by atoms with Crippen LogP contribution in [-0.4, -0.2) is 23.4 Å². The van der Waals surface area contributed by atoms with Crippen molar-refractivity contribution in [3.63, 3.8) is 0 Å². The molecule has 0 spiro atoms. The van der Waals surface area contributed by atoms with E-state index in [1.165, 1.54) is 10.9 Å². The average molecular weight is 431 g/mol. The molecule has 31 heavy (non-hydrogen) atoms. The van der Waals surface area contributed by atoms with Crippen LogP contribution in [0.15, 0.2) is 84.0 Å². The smallest absolute Gasteiger partial charge is 0.257 e. The van der Waals surface area contributed by atoms with E-state index in [1.54, 1.807) is 18.2 Å². The number of fused-ring (bicyclic) bond motifs is 1. The summed E-state index contributed by atoms with van der Waals surface area (Å²) in [4.78, 5) is 20.6. The number of nitrogens with one attached hydrogen (secondary N) is 3. The second-order valence-corrected chi connectivity index (χ2v) is 7.68. The highest BCUT2D eigenvalue weighted by atomic mass is 35.5. The van der Waals surface area contributed by atoms with Crippen LogP contribution in [0.2, 0.25) is 5.02 Å². The predicted octanol–water partition coefficient (Wildman–Crippen LogP) is 5.57. The maximum absolute atomic E-state index is 12.7. The fourth-order valence-corrected chi connectivity index (χ4v) is 3.63. The van der Waals surface area contributed by atoms with Crippen molar-refractivity contribution in [1.29, 1.82) is 0 Å². The summed E-state index contributed by atoms with van der Waals surface area (Å²) in [5, 5.41) is 7.99. The van der Waals surface area contributed by atoms with Crippen molar-refractivity contribution in [2.75, 3.05) is 11.9 Å². The van der Waals surface area contributed by atoms with Crippen LogP contribution in [0.3, 0.4) is 0 Å². The van der Waals surface area contributed by atoms with Gasteiger partial charge >= 0.3 is 0 Å². The number of aromatic nitrogens is 1. The Hall–Kier alpha value is -3.57. The summed E-state index contributed by atoms with van der Waals surface area (Å²) in [5.41, 5.74) is 4.67. The maximum atomic E-state index is 12.7. The number of carbonyl (C=O) groups excluding carboxylic acids is 1. The summed E-state index contributed by atoms with van der Waals surface area (Å²) in [6, 6.07) is 22.8. The molecule has 1 amide bonds. The fourth-order valence-electron chi connectivity index (χ4n) is 3.40. The molecule has 3 aromatic carbocycles. The zero-order valence-corrected chi connectivity index (χ0v) is 17.9. The molecule has 5 nitrogen and oxygen atoms in total. The van der Waals surface area contributed by atoms with Crippen LogP contribution in [-0.2, 0) is 6.42 Å². The Kier molecular flexibility index (Phi) is 6.34. The van der Waals surface area contributed by atoms with Gasteiger partial charge in [0.2, 0.25) is 5.96 Å². The van der Waals surface area contributed by atoms with E-state index in [-0.39, 0.29) is 5.91 Å². The summed E-state index contributed by atoms with van der Waals surface area (Å²) < 4.78 is 0. The van der Waals surface area contributed by atoms with Gasteiger partial charge in [-0.2, -0.15) is 0 Å². The lowest BCUT2D eigenvalue weighted by atomic mass is 10.1. The highest BCUT2D eigenvalue weighted by molar-refractivity contribution is 6.30. The van der Waals surface area contributed by atoms with Gasteiger partial charge in [0.1, 0.15) is 0 Å². The van der Waals surface area contributed by atoms with Gasteiger partial charge in [-0.25, -0.2) is 0 Å². The standard InChI is InChI=1S/C25H23ClN4O/c1-17-15-20(26)11-12-22(17)29-25(30-24(31)18-7-3-2-4-8-18)27-14-13-19-16-28-23-10-6-5-9-21(19)23/h2-12,15-16,28H,13-14H2,1H3,(H2,27,29,30,31). The number of halogens is 1. The number of guanidine groups is 1. The summed E-state index contributed by atoms with van der Waals surface area (Å²) >= 11 is 6.08. The number of nitrogens with zero attached hydrogens (tertiary/aromatic N) is 1. The van der Waals surface area contributed by atoms with E-state index in [0.717, 1.165) is 23.2 Å².